The lowest BCUT2D eigenvalue weighted by molar-refractivity contribution is -0.121. The molecule has 1 aromatic heterocycles. The lowest BCUT2D eigenvalue weighted by Gasteiger charge is -2.02. The summed E-state index contributed by atoms with van der Waals surface area (Å²) in [4.78, 5) is 16.1. The standard InChI is InChI=1S/C12H13NO2/c14-11(5-8-3-1-2-4-13-8)12-9-6-15-7-10(9)12/h1-4,9-10,12H,5-7H2. The Labute approximate surface area is 88.5 Å². The topological polar surface area (TPSA) is 39.2 Å². The highest BCUT2D eigenvalue weighted by Crippen LogP contribution is 2.51. The molecule has 1 saturated carbocycles. The monoisotopic (exact) mass is 203 g/mol. The Kier molecular flexibility index (Phi) is 2.06. The van der Waals surface area contributed by atoms with Gasteiger partial charge >= 0.3 is 0 Å². The molecule has 0 bridgehead atoms. The summed E-state index contributed by atoms with van der Waals surface area (Å²) in [6.45, 7) is 1.56. The van der Waals surface area contributed by atoms with E-state index in [-0.39, 0.29) is 5.92 Å². The maximum atomic E-state index is 11.9. The molecule has 1 saturated heterocycles. The largest absolute Gasteiger partial charge is 0.381 e. The van der Waals surface area contributed by atoms with Gasteiger partial charge in [-0.25, -0.2) is 0 Å². The second-order valence-electron chi connectivity index (χ2n) is 4.36. The predicted octanol–water partition coefficient (Wildman–Crippen LogP) is 1.09. The normalized spacial score (nSPS) is 32.4. The van der Waals surface area contributed by atoms with Crippen LogP contribution in [-0.4, -0.2) is 24.0 Å². The number of hydrogen-bond donors (Lipinski definition) is 0. The predicted molar refractivity (Wildman–Crippen MR) is 54.2 cm³/mol. The fraction of sp³-hybridized carbons (Fsp3) is 0.500. The second kappa shape index (κ2) is 3.42. The molecule has 2 aliphatic rings. The van der Waals surface area contributed by atoms with Crippen LogP contribution >= 0.6 is 0 Å². The van der Waals surface area contributed by atoms with E-state index in [1.807, 2.05) is 18.2 Å². The average Bonchev–Trinajstić information content (AvgIpc) is 2.75. The van der Waals surface area contributed by atoms with Gasteiger partial charge in [-0.05, 0) is 24.0 Å². The third-order valence-electron chi connectivity index (χ3n) is 3.41. The van der Waals surface area contributed by atoms with Crippen molar-refractivity contribution in [2.75, 3.05) is 13.2 Å². The summed E-state index contributed by atoms with van der Waals surface area (Å²) in [7, 11) is 0. The van der Waals surface area contributed by atoms with E-state index in [1.165, 1.54) is 0 Å². The molecule has 78 valence electrons. The Morgan fingerprint density at radius 3 is 2.87 bits per heavy atom. The highest BCUT2D eigenvalue weighted by Gasteiger charge is 2.57. The van der Waals surface area contributed by atoms with E-state index >= 15 is 0 Å². The van der Waals surface area contributed by atoms with Crippen molar-refractivity contribution in [3.05, 3.63) is 30.1 Å². The van der Waals surface area contributed by atoms with Crippen LogP contribution in [0.15, 0.2) is 24.4 Å². The molecule has 0 amide bonds. The molecule has 3 nitrogen and oxygen atoms in total. The molecule has 2 heterocycles. The second-order valence-corrected chi connectivity index (χ2v) is 4.36. The number of ether oxygens (including phenoxy) is 1. The van der Waals surface area contributed by atoms with Crippen molar-refractivity contribution in [2.24, 2.45) is 17.8 Å². The number of Topliss-reactive ketones (excluding diaryl/α,β-unsaturated/α-hetero) is 1. The van der Waals surface area contributed by atoms with E-state index in [0.29, 0.717) is 24.0 Å². The number of nitrogens with zero attached hydrogens (tertiary/aromatic N) is 1. The SMILES string of the molecule is O=C(Cc1ccccn1)C1C2COCC21. The van der Waals surface area contributed by atoms with Gasteiger partial charge in [0.1, 0.15) is 5.78 Å². The van der Waals surface area contributed by atoms with Crippen LogP contribution in [0.1, 0.15) is 5.69 Å². The minimum atomic E-state index is 0.265. The molecular weight excluding hydrogens is 190 g/mol. The first-order valence-electron chi connectivity index (χ1n) is 5.36. The Morgan fingerprint density at radius 2 is 2.20 bits per heavy atom. The number of carbonyl (C=O) groups is 1. The molecule has 0 N–H and O–H groups in total. The summed E-state index contributed by atoms with van der Waals surface area (Å²) in [6.07, 6.45) is 2.22. The van der Waals surface area contributed by atoms with Crippen LogP contribution in [0.25, 0.3) is 0 Å². The number of aromatic nitrogens is 1. The molecule has 0 aromatic carbocycles. The first-order chi connectivity index (χ1) is 7.36. The highest BCUT2D eigenvalue weighted by molar-refractivity contribution is 5.86. The molecule has 0 radical (unpaired) electrons. The van der Waals surface area contributed by atoms with E-state index in [2.05, 4.69) is 4.98 Å². The summed E-state index contributed by atoms with van der Waals surface area (Å²) >= 11 is 0. The van der Waals surface area contributed by atoms with Gasteiger partial charge in [0.25, 0.3) is 0 Å². The van der Waals surface area contributed by atoms with Crippen LogP contribution in [0.3, 0.4) is 0 Å². The van der Waals surface area contributed by atoms with Crippen molar-refractivity contribution >= 4 is 5.78 Å². The molecule has 2 unspecified atom stereocenters. The molecule has 1 aliphatic carbocycles. The van der Waals surface area contributed by atoms with Gasteiger partial charge in [0.15, 0.2) is 0 Å². The fourth-order valence-electron chi connectivity index (χ4n) is 2.52. The van der Waals surface area contributed by atoms with E-state index in [9.17, 15) is 4.79 Å². The Hall–Kier alpha value is -1.22. The van der Waals surface area contributed by atoms with E-state index in [0.717, 1.165) is 18.9 Å². The van der Waals surface area contributed by atoms with Crippen molar-refractivity contribution < 1.29 is 9.53 Å². The van der Waals surface area contributed by atoms with Crippen LogP contribution < -0.4 is 0 Å². The smallest absolute Gasteiger partial charge is 0.142 e. The van der Waals surface area contributed by atoms with E-state index in [1.54, 1.807) is 6.20 Å². The molecule has 2 fully saturated rings. The summed E-state index contributed by atoms with van der Waals surface area (Å²) in [6, 6.07) is 5.70. The van der Waals surface area contributed by atoms with Gasteiger partial charge in [-0.3, -0.25) is 9.78 Å². The van der Waals surface area contributed by atoms with E-state index < -0.39 is 0 Å². The maximum absolute atomic E-state index is 11.9. The summed E-state index contributed by atoms with van der Waals surface area (Å²) < 4.78 is 5.27. The molecule has 1 aliphatic heterocycles. The third-order valence-corrected chi connectivity index (χ3v) is 3.41. The minimum absolute atomic E-state index is 0.265. The number of ketones is 1. The minimum Gasteiger partial charge on any atom is -0.381 e. The van der Waals surface area contributed by atoms with Crippen molar-refractivity contribution in [1.82, 2.24) is 4.98 Å². The van der Waals surface area contributed by atoms with Crippen molar-refractivity contribution in [1.29, 1.82) is 0 Å². The van der Waals surface area contributed by atoms with Crippen LogP contribution in [-0.2, 0) is 16.0 Å². The van der Waals surface area contributed by atoms with Gasteiger partial charge < -0.3 is 4.74 Å². The Bertz CT molecular complexity index is 366. The number of fused-ring (bicyclic) bond motifs is 1. The Balaban J connectivity index is 1.63. The lowest BCUT2D eigenvalue weighted by Crippen LogP contribution is -2.12. The van der Waals surface area contributed by atoms with Crippen LogP contribution in [0.5, 0.6) is 0 Å². The van der Waals surface area contributed by atoms with Gasteiger partial charge in [0.05, 0.1) is 13.2 Å². The first kappa shape index (κ1) is 9.04. The molecule has 15 heavy (non-hydrogen) atoms. The van der Waals surface area contributed by atoms with Gasteiger partial charge in [0, 0.05) is 24.2 Å². The summed E-state index contributed by atoms with van der Waals surface area (Å²) in [5.41, 5.74) is 0.883. The van der Waals surface area contributed by atoms with Crippen molar-refractivity contribution in [2.45, 2.75) is 6.42 Å². The van der Waals surface area contributed by atoms with Gasteiger partial charge in [-0.2, -0.15) is 0 Å². The van der Waals surface area contributed by atoms with Crippen LogP contribution in [0.2, 0.25) is 0 Å². The first-order valence-corrected chi connectivity index (χ1v) is 5.36. The van der Waals surface area contributed by atoms with E-state index in [4.69, 9.17) is 4.74 Å². The average molecular weight is 203 g/mol. The maximum Gasteiger partial charge on any atom is 0.142 e. The number of carbonyl (C=O) groups excluding carboxylic acids is 1. The molecule has 0 spiro atoms. The van der Waals surface area contributed by atoms with Gasteiger partial charge in [0.2, 0.25) is 0 Å². The molecular formula is C12H13NO2. The zero-order valence-electron chi connectivity index (χ0n) is 8.43. The summed E-state index contributed by atoms with van der Waals surface area (Å²) in [5.74, 6) is 1.63. The lowest BCUT2D eigenvalue weighted by atomic mass is 10.1. The number of rotatable bonds is 3. The molecule has 2 atom stereocenters. The van der Waals surface area contributed by atoms with Crippen molar-refractivity contribution in [3.63, 3.8) is 0 Å². The number of pyridine rings is 1. The molecule has 3 rings (SSSR count). The highest BCUT2D eigenvalue weighted by atomic mass is 16.5. The third kappa shape index (κ3) is 1.57. The van der Waals surface area contributed by atoms with Crippen LogP contribution in [0, 0.1) is 17.8 Å². The Morgan fingerprint density at radius 1 is 1.40 bits per heavy atom. The molecule has 3 heteroatoms. The van der Waals surface area contributed by atoms with Crippen LogP contribution in [0.4, 0.5) is 0 Å². The zero-order chi connectivity index (χ0) is 10.3. The zero-order valence-corrected chi connectivity index (χ0v) is 8.43. The molecule has 1 aromatic rings. The van der Waals surface area contributed by atoms with Gasteiger partial charge in [-0.1, -0.05) is 6.07 Å². The summed E-state index contributed by atoms with van der Waals surface area (Å²) in [5, 5.41) is 0. The van der Waals surface area contributed by atoms with Gasteiger partial charge in [-0.15, -0.1) is 0 Å². The quantitative estimate of drug-likeness (QED) is 0.738. The number of hydrogen-bond acceptors (Lipinski definition) is 3. The van der Waals surface area contributed by atoms with Crippen molar-refractivity contribution in [3.8, 4) is 0 Å². The fourth-order valence-corrected chi connectivity index (χ4v) is 2.52.